The monoisotopic (exact) mass is 271 g/mol. The molecule has 0 spiro atoms. The first-order chi connectivity index (χ1) is 9.21. The average molecular weight is 271 g/mol. The second kappa shape index (κ2) is 4.51. The van der Waals surface area contributed by atoms with Crippen LogP contribution in [0.5, 0.6) is 0 Å². The largest absolute Gasteiger partial charge is 0.370 e. The van der Waals surface area contributed by atoms with Crippen molar-refractivity contribution in [2.75, 3.05) is 0 Å². The zero-order valence-electron chi connectivity index (χ0n) is 10.2. The maximum Gasteiger partial charge on any atom is 0.260 e. The number of rotatable bonds is 3. The van der Waals surface area contributed by atoms with Crippen LogP contribution in [0.3, 0.4) is 0 Å². The van der Waals surface area contributed by atoms with Crippen LogP contribution >= 0.6 is 11.3 Å². The maximum absolute atomic E-state index is 12.3. The predicted octanol–water partition coefficient (Wildman–Crippen LogP) is 1.63. The Kier molecular flexibility index (Phi) is 2.83. The van der Waals surface area contributed by atoms with Crippen molar-refractivity contribution in [1.82, 2.24) is 5.32 Å². The van der Waals surface area contributed by atoms with Crippen LogP contribution in [0.25, 0.3) is 0 Å². The molecule has 1 amide bonds. The maximum atomic E-state index is 12.3. The molecule has 0 radical (unpaired) electrons. The number of carbonyl (C=O) groups excluding carboxylic acids is 1. The fourth-order valence-corrected chi connectivity index (χ4v) is 3.15. The zero-order chi connectivity index (χ0) is 13.3. The van der Waals surface area contributed by atoms with Crippen molar-refractivity contribution in [2.24, 2.45) is 10.7 Å². The fourth-order valence-electron chi connectivity index (χ4n) is 2.28. The Morgan fingerprint density at radius 2 is 2.00 bits per heavy atom. The second-order valence-electron chi connectivity index (χ2n) is 4.45. The van der Waals surface area contributed by atoms with Gasteiger partial charge in [0.2, 0.25) is 0 Å². The smallest absolute Gasteiger partial charge is 0.260 e. The predicted molar refractivity (Wildman–Crippen MR) is 75.9 cm³/mol. The second-order valence-corrected chi connectivity index (χ2v) is 5.40. The number of hydrogen-bond donors (Lipinski definition) is 2. The molecule has 2 aromatic rings. The third-order valence-corrected chi connectivity index (χ3v) is 4.18. The molecule has 0 aliphatic carbocycles. The SMILES string of the molecule is NC1=NC(Cc2ccccc2)(c2cccs2)C(=O)N1. The summed E-state index contributed by atoms with van der Waals surface area (Å²) in [6.45, 7) is 0. The Morgan fingerprint density at radius 3 is 2.58 bits per heavy atom. The summed E-state index contributed by atoms with van der Waals surface area (Å²) in [4.78, 5) is 17.6. The van der Waals surface area contributed by atoms with Crippen LogP contribution in [0, 0.1) is 0 Å². The van der Waals surface area contributed by atoms with Crippen molar-refractivity contribution in [3.8, 4) is 0 Å². The van der Waals surface area contributed by atoms with Crippen molar-refractivity contribution in [1.29, 1.82) is 0 Å². The summed E-state index contributed by atoms with van der Waals surface area (Å²) in [5.41, 5.74) is 5.83. The van der Waals surface area contributed by atoms with E-state index in [4.69, 9.17) is 5.73 Å². The fraction of sp³-hybridized carbons (Fsp3) is 0.143. The number of thiophene rings is 1. The van der Waals surface area contributed by atoms with Gasteiger partial charge in [0.25, 0.3) is 5.91 Å². The van der Waals surface area contributed by atoms with Crippen LogP contribution in [0.15, 0.2) is 52.8 Å². The lowest BCUT2D eigenvalue weighted by atomic mass is 9.89. The van der Waals surface area contributed by atoms with E-state index in [0.29, 0.717) is 6.42 Å². The molecule has 1 unspecified atom stereocenters. The molecule has 5 heteroatoms. The van der Waals surface area contributed by atoms with E-state index in [2.05, 4.69) is 10.3 Å². The summed E-state index contributed by atoms with van der Waals surface area (Å²) in [5.74, 6) is 0.0330. The van der Waals surface area contributed by atoms with Crippen molar-refractivity contribution in [3.05, 3.63) is 58.3 Å². The summed E-state index contributed by atoms with van der Waals surface area (Å²) in [6.07, 6.45) is 0.515. The van der Waals surface area contributed by atoms with Gasteiger partial charge in [0.05, 0.1) is 0 Å². The summed E-state index contributed by atoms with van der Waals surface area (Å²) >= 11 is 1.52. The summed E-state index contributed by atoms with van der Waals surface area (Å²) in [5, 5.41) is 4.56. The number of carbonyl (C=O) groups is 1. The molecular weight excluding hydrogens is 258 g/mol. The van der Waals surface area contributed by atoms with E-state index in [-0.39, 0.29) is 11.9 Å². The molecule has 1 atom stereocenters. The minimum absolute atomic E-state index is 0.156. The lowest BCUT2D eigenvalue weighted by molar-refractivity contribution is -0.123. The normalized spacial score (nSPS) is 22.1. The molecule has 19 heavy (non-hydrogen) atoms. The van der Waals surface area contributed by atoms with Gasteiger partial charge in [0.1, 0.15) is 0 Å². The molecular formula is C14H13N3OS. The number of hydrogen-bond acceptors (Lipinski definition) is 4. The van der Waals surface area contributed by atoms with Crippen LogP contribution in [-0.4, -0.2) is 11.9 Å². The first kappa shape index (κ1) is 11.9. The number of nitrogens with one attached hydrogen (secondary N) is 1. The quantitative estimate of drug-likeness (QED) is 0.891. The van der Waals surface area contributed by atoms with Gasteiger partial charge in [-0.1, -0.05) is 36.4 Å². The first-order valence-electron chi connectivity index (χ1n) is 5.95. The topological polar surface area (TPSA) is 67.5 Å². The molecule has 4 nitrogen and oxygen atoms in total. The Balaban J connectivity index is 2.06. The molecule has 1 aromatic heterocycles. The Hall–Kier alpha value is -2.14. The zero-order valence-corrected chi connectivity index (χ0v) is 11.0. The minimum Gasteiger partial charge on any atom is -0.370 e. The Bertz CT molecular complexity index is 621. The van der Waals surface area contributed by atoms with Gasteiger partial charge >= 0.3 is 0 Å². The van der Waals surface area contributed by atoms with E-state index in [1.54, 1.807) is 0 Å². The van der Waals surface area contributed by atoms with E-state index in [9.17, 15) is 4.79 Å². The van der Waals surface area contributed by atoms with Crippen LogP contribution in [0.2, 0.25) is 0 Å². The van der Waals surface area contributed by atoms with E-state index >= 15 is 0 Å². The third-order valence-electron chi connectivity index (χ3n) is 3.16. The Labute approximate surface area is 115 Å². The molecule has 3 N–H and O–H groups in total. The number of benzene rings is 1. The van der Waals surface area contributed by atoms with Gasteiger partial charge in [-0.15, -0.1) is 11.3 Å². The highest BCUT2D eigenvalue weighted by molar-refractivity contribution is 7.10. The number of amides is 1. The molecule has 0 bridgehead atoms. The van der Waals surface area contributed by atoms with Gasteiger partial charge in [-0.3, -0.25) is 10.1 Å². The van der Waals surface area contributed by atoms with Crippen molar-refractivity contribution in [3.63, 3.8) is 0 Å². The lowest BCUT2D eigenvalue weighted by Crippen LogP contribution is -2.39. The average Bonchev–Trinajstić information content (AvgIpc) is 3.00. The molecule has 96 valence electrons. The van der Waals surface area contributed by atoms with E-state index in [1.165, 1.54) is 11.3 Å². The van der Waals surface area contributed by atoms with Crippen LogP contribution in [0.1, 0.15) is 10.4 Å². The lowest BCUT2D eigenvalue weighted by Gasteiger charge is -2.22. The van der Waals surface area contributed by atoms with E-state index in [0.717, 1.165) is 10.4 Å². The van der Waals surface area contributed by atoms with Gasteiger partial charge in [0, 0.05) is 11.3 Å². The number of aliphatic imine (C=N–C) groups is 1. The molecule has 0 saturated heterocycles. The minimum atomic E-state index is -0.917. The summed E-state index contributed by atoms with van der Waals surface area (Å²) in [6, 6.07) is 13.7. The standard InChI is InChI=1S/C14H13N3OS/c15-13-16-12(18)14(17-13,11-7-4-8-19-11)9-10-5-2-1-3-6-10/h1-8H,9H2,(H3,15,16,17,18). The summed E-state index contributed by atoms with van der Waals surface area (Å²) < 4.78 is 0. The third kappa shape index (κ3) is 2.02. The summed E-state index contributed by atoms with van der Waals surface area (Å²) in [7, 11) is 0. The van der Waals surface area contributed by atoms with E-state index < -0.39 is 5.54 Å². The number of guanidine groups is 1. The highest BCUT2D eigenvalue weighted by Gasteiger charge is 2.45. The molecule has 0 saturated carbocycles. The van der Waals surface area contributed by atoms with Crippen LogP contribution in [-0.2, 0) is 16.8 Å². The van der Waals surface area contributed by atoms with Gasteiger partial charge in [0.15, 0.2) is 11.5 Å². The van der Waals surface area contributed by atoms with Crippen LogP contribution in [0.4, 0.5) is 0 Å². The molecule has 1 aliphatic heterocycles. The Morgan fingerprint density at radius 1 is 1.21 bits per heavy atom. The number of nitrogens with zero attached hydrogens (tertiary/aromatic N) is 1. The molecule has 3 rings (SSSR count). The van der Waals surface area contributed by atoms with Gasteiger partial charge in [-0.25, -0.2) is 4.99 Å². The van der Waals surface area contributed by atoms with Crippen molar-refractivity contribution < 1.29 is 4.79 Å². The first-order valence-corrected chi connectivity index (χ1v) is 6.83. The van der Waals surface area contributed by atoms with Crippen molar-refractivity contribution >= 4 is 23.2 Å². The van der Waals surface area contributed by atoms with Gasteiger partial charge < -0.3 is 5.73 Å². The molecule has 1 aliphatic rings. The van der Waals surface area contributed by atoms with Gasteiger partial charge in [-0.05, 0) is 17.0 Å². The van der Waals surface area contributed by atoms with Gasteiger partial charge in [-0.2, -0.15) is 0 Å². The highest BCUT2D eigenvalue weighted by atomic mass is 32.1. The molecule has 0 fully saturated rings. The highest BCUT2D eigenvalue weighted by Crippen LogP contribution is 2.35. The number of nitrogens with two attached hydrogens (primary N) is 1. The molecule has 1 aromatic carbocycles. The molecule has 2 heterocycles. The van der Waals surface area contributed by atoms with Crippen molar-refractivity contribution in [2.45, 2.75) is 12.0 Å². The van der Waals surface area contributed by atoms with Crippen LogP contribution < -0.4 is 11.1 Å². The van der Waals surface area contributed by atoms with E-state index in [1.807, 2.05) is 47.8 Å².